The first-order chi connectivity index (χ1) is 20.7. The average molecular weight is 632 g/mol. The van der Waals surface area contributed by atoms with Gasteiger partial charge in [0.1, 0.15) is 12.1 Å². The van der Waals surface area contributed by atoms with Crippen LogP contribution in [-0.2, 0) is 22.6 Å². The number of carbonyl (C=O) groups is 4. The van der Waals surface area contributed by atoms with Crippen LogP contribution in [0.3, 0.4) is 0 Å². The summed E-state index contributed by atoms with van der Waals surface area (Å²) in [4.78, 5) is 55.4. The highest BCUT2D eigenvalue weighted by Gasteiger charge is 2.32. The quantitative estimate of drug-likeness (QED) is 0.191. The molecule has 13 heteroatoms. The summed E-state index contributed by atoms with van der Waals surface area (Å²) in [6, 6.07) is 10.1. The zero-order chi connectivity index (χ0) is 33.0. The van der Waals surface area contributed by atoms with Gasteiger partial charge in [-0.2, -0.15) is 0 Å². The Labute approximate surface area is 265 Å². The maximum Gasteiger partial charge on any atom is 0.317 e. The number of amides is 6. The van der Waals surface area contributed by atoms with Gasteiger partial charge in [0.25, 0.3) is 5.91 Å². The number of hydrogen-bond donors (Lipinski definition) is 5. The van der Waals surface area contributed by atoms with Crippen LogP contribution in [-0.4, -0.2) is 103 Å². The molecule has 0 saturated carbocycles. The molecule has 12 nitrogen and oxygen atoms in total. The van der Waals surface area contributed by atoms with Gasteiger partial charge in [-0.3, -0.25) is 15.0 Å². The van der Waals surface area contributed by atoms with Gasteiger partial charge in [0.05, 0.1) is 18.7 Å². The summed E-state index contributed by atoms with van der Waals surface area (Å²) in [6.45, 7) is 7.62. The topological polar surface area (TPSA) is 146 Å². The molecule has 0 aliphatic heterocycles. The standard InChI is InChI=1S/C31H49N7O5S/c1-20(2)26(33-30(42)36(5)6)28(40)32-24(17-22-13-10-9-11-14-22)25(39)19-38(18-23-15-12-16-44-23)35-29(41)27(21(3)4)34-31(43)37(7)8/h9-16,20-21,24-27,39H,17-19H2,1-8H3,(H,32,40)(H,33,42)(H,34,43)(H,35,41)/t24?,25?,26-,27-/m0/s1. The SMILES string of the molecule is CC(C)[C@H](NC(=O)N(C)C)C(=O)NC(Cc1ccccc1)C(O)CN(Cc1cccs1)NC(=O)[C@@H](NC(=O)N(C)C)C(C)C. The Balaban J connectivity index is 2.33. The zero-order valence-corrected chi connectivity index (χ0v) is 27.9. The lowest BCUT2D eigenvalue weighted by molar-refractivity contribution is -0.131. The maximum absolute atomic E-state index is 13.5. The highest BCUT2D eigenvalue weighted by Crippen LogP contribution is 2.15. The van der Waals surface area contributed by atoms with Crippen molar-refractivity contribution >= 4 is 35.2 Å². The minimum atomic E-state index is -1.12. The number of urea groups is 2. The average Bonchev–Trinajstić information content (AvgIpc) is 3.46. The smallest absolute Gasteiger partial charge is 0.317 e. The molecule has 4 atom stereocenters. The second kappa shape index (κ2) is 17.6. The van der Waals surface area contributed by atoms with Gasteiger partial charge >= 0.3 is 12.1 Å². The van der Waals surface area contributed by atoms with Crippen molar-refractivity contribution < 1.29 is 24.3 Å². The van der Waals surface area contributed by atoms with Crippen LogP contribution in [0.25, 0.3) is 0 Å². The van der Waals surface area contributed by atoms with E-state index in [1.807, 2.05) is 75.5 Å². The molecule has 244 valence electrons. The second-order valence-electron chi connectivity index (χ2n) is 11.9. The van der Waals surface area contributed by atoms with Gasteiger partial charge in [0.2, 0.25) is 5.91 Å². The Morgan fingerprint density at radius 1 is 0.773 bits per heavy atom. The molecule has 2 aromatic rings. The maximum atomic E-state index is 13.5. The van der Waals surface area contributed by atoms with Crippen molar-refractivity contribution in [2.75, 3.05) is 34.7 Å². The van der Waals surface area contributed by atoms with Gasteiger partial charge in [-0.25, -0.2) is 14.6 Å². The van der Waals surface area contributed by atoms with Crippen molar-refractivity contribution in [1.29, 1.82) is 0 Å². The third-order valence-electron chi connectivity index (χ3n) is 6.96. The van der Waals surface area contributed by atoms with Gasteiger partial charge in [-0.05, 0) is 35.3 Å². The molecule has 0 radical (unpaired) electrons. The molecular formula is C31H49N7O5S. The molecule has 0 spiro atoms. The fourth-order valence-corrected chi connectivity index (χ4v) is 5.06. The van der Waals surface area contributed by atoms with Crippen molar-refractivity contribution in [1.82, 2.24) is 36.2 Å². The van der Waals surface area contributed by atoms with E-state index in [4.69, 9.17) is 0 Å². The van der Waals surface area contributed by atoms with Gasteiger partial charge in [0, 0.05) is 39.6 Å². The molecule has 1 aromatic heterocycles. The van der Waals surface area contributed by atoms with Crippen LogP contribution in [0.5, 0.6) is 0 Å². The molecule has 0 bridgehead atoms. The molecule has 2 unspecified atom stereocenters. The van der Waals surface area contributed by atoms with Crippen molar-refractivity contribution in [2.45, 2.75) is 64.9 Å². The van der Waals surface area contributed by atoms with Crippen molar-refractivity contribution in [3.8, 4) is 0 Å². The summed E-state index contributed by atoms with van der Waals surface area (Å²) in [5.41, 5.74) is 3.79. The van der Waals surface area contributed by atoms with Crippen molar-refractivity contribution in [3.63, 3.8) is 0 Å². The number of nitrogens with zero attached hydrogens (tertiary/aromatic N) is 3. The van der Waals surface area contributed by atoms with Crippen LogP contribution >= 0.6 is 11.3 Å². The molecule has 0 aliphatic rings. The van der Waals surface area contributed by atoms with Crippen LogP contribution in [0.4, 0.5) is 9.59 Å². The van der Waals surface area contributed by atoms with Crippen molar-refractivity contribution in [3.05, 3.63) is 58.3 Å². The van der Waals surface area contributed by atoms with E-state index in [1.165, 1.54) is 21.1 Å². The summed E-state index contributed by atoms with van der Waals surface area (Å²) in [7, 11) is 6.39. The number of aliphatic hydroxyl groups is 1. The Morgan fingerprint density at radius 3 is 1.80 bits per heavy atom. The second-order valence-corrected chi connectivity index (χ2v) is 13.0. The lowest BCUT2D eigenvalue weighted by Gasteiger charge is -2.33. The Hall–Kier alpha value is -3.68. The van der Waals surface area contributed by atoms with E-state index in [9.17, 15) is 24.3 Å². The fourth-order valence-electron chi connectivity index (χ4n) is 4.34. The van der Waals surface area contributed by atoms with Crippen LogP contribution < -0.4 is 21.4 Å². The summed E-state index contributed by atoms with van der Waals surface area (Å²) < 4.78 is 0. The lowest BCUT2D eigenvalue weighted by atomic mass is 9.98. The minimum absolute atomic E-state index is 0.0235. The molecule has 5 N–H and O–H groups in total. The van der Waals surface area contributed by atoms with E-state index in [1.54, 1.807) is 33.2 Å². The van der Waals surface area contributed by atoms with E-state index in [0.29, 0.717) is 13.0 Å². The number of thiophene rings is 1. The Bertz CT molecular complexity index is 1190. The summed E-state index contributed by atoms with van der Waals surface area (Å²) in [5.74, 6) is -1.26. The molecule has 1 heterocycles. The molecule has 2 rings (SSSR count). The molecule has 44 heavy (non-hydrogen) atoms. The van der Waals surface area contributed by atoms with Gasteiger partial charge in [-0.15, -0.1) is 11.3 Å². The normalized spacial score (nSPS) is 14.0. The third kappa shape index (κ3) is 11.8. The summed E-state index contributed by atoms with van der Waals surface area (Å²) >= 11 is 1.51. The summed E-state index contributed by atoms with van der Waals surface area (Å²) in [5, 5.41) is 23.6. The van der Waals surface area contributed by atoms with Gasteiger partial charge in [-0.1, -0.05) is 64.1 Å². The first kappa shape index (κ1) is 36.5. The third-order valence-corrected chi connectivity index (χ3v) is 7.82. The lowest BCUT2D eigenvalue weighted by Crippen LogP contribution is -2.59. The number of carbonyl (C=O) groups excluding carboxylic acids is 4. The zero-order valence-electron chi connectivity index (χ0n) is 27.0. The Morgan fingerprint density at radius 2 is 1.32 bits per heavy atom. The highest BCUT2D eigenvalue weighted by molar-refractivity contribution is 7.09. The minimum Gasteiger partial charge on any atom is -0.390 e. The number of hydrazine groups is 1. The molecule has 6 amide bonds. The first-order valence-corrected chi connectivity index (χ1v) is 15.6. The largest absolute Gasteiger partial charge is 0.390 e. The Kier molecular flexibility index (Phi) is 14.6. The molecule has 0 fully saturated rings. The number of benzene rings is 1. The van der Waals surface area contributed by atoms with Crippen molar-refractivity contribution in [2.24, 2.45) is 11.8 Å². The van der Waals surface area contributed by atoms with Gasteiger partial charge < -0.3 is 30.9 Å². The number of hydrogen-bond acceptors (Lipinski definition) is 7. The van der Waals surface area contributed by atoms with Crippen LogP contribution in [0.15, 0.2) is 47.8 Å². The monoisotopic (exact) mass is 631 g/mol. The summed E-state index contributed by atoms with van der Waals surface area (Å²) in [6.07, 6.45) is -0.806. The first-order valence-electron chi connectivity index (χ1n) is 14.7. The fraction of sp³-hybridized carbons (Fsp3) is 0.548. The predicted octanol–water partition coefficient (Wildman–Crippen LogP) is 2.26. The molecule has 0 saturated heterocycles. The number of rotatable bonds is 15. The highest BCUT2D eigenvalue weighted by atomic mass is 32.1. The van der Waals surface area contributed by atoms with E-state index < -0.39 is 48.1 Å². The molecular weight excluding hydrogens is 582 g/mol. The van der Waals surface area contributed by atoms with Crippen LogP contribution in [0.1, 0.15) is 38.1 Å². The van der Waals surface area contributed by atoms with E-state index >= 15 is 0 Å². The predicted molar refractivity (Wildman–Crippen MR) is 173 cm³/mol. The van der Waals surface area contributed by atoms with E-state index in [0.717, 1.165) is 10.4 Å². The van der Waals surface area contributed by atoms with E-state index in [2.05, 4.69) is 21.4 Å². The number of nitrogens with one attached hydrogen (secondary N) is 4. The van der Waals surface area contributed by atoms with Crippen LogP contribution in [0.2, 0.25) is 0 Å². The molecule has 0 aliphatic carbocycles. The number of aliphatic hydroxyl groups excluding tert-OH is 1. The van der Waals surface area contributed by atoms with Gasteiger partial charge in [0.15, 0.2) is 0 Å². The van der Waals surface area contributed by atoms with Crippen LogP contribution in [0, 0.1) is 11.8 Å². The molecule has 1 aromatic carbocycles. The van der Waals surface area contributed by atoms with E-state index in [-0.39, 0.29) is 18.4 Å².